The predicted octanol–water partition coefficient (Wildman–Crippen LogP) is 0.574. The molecule has 0 aliphatic carbocycles. The van der Waals surface area contributed by atoms with E-state index in [0.29, 0.717) is 5.95 Å². The second kappa shape index (κ2) is 4.25. The topological polar surface area (TPSA) is 75.3 Å². The molecule has 1 aliphatic rings. The number of aryl methyl sites for hydroxylation is 1. The molecule has 5 nitrogen and oxygen atoms in total. The summed E-state index contributed by atoms with van der Waals surface area (Å²) >= 11 is 0. The third kappa shape index (κ3) is 2.09. The Morgan fingerprint density at radius 1 is 1.56 bits per heavy atom. The van der Waals surface area contributed by atoms with Crippen LogP contribution in [0.3, 0.4) is 0 Å². The van der Waals surface area contributed by atoms with Gasteiger partial charge < -0.3 is 15.7 Å². The summed E-state index contributed by atoms with van der Waals surface area (Å²) in [4.78, 5) is 10.4. The maximum Gasteiger partial charge on any atom is 0.221 e. The first-order valence-electron chi connectivity index (χ1n) is 5.60. The summed E-state index contributed by atoms with van der Waals surface area (Å²) < 4.78 is 0. The van der Waals surface area contributed by atoms with Gasteiger partial charge in [0.05, 0.1) is 6.10 Å². The molecule has 2 atom stereocenters. The normalized spacial score (nSPS) is 25.8. The van der Waals surface area contributed by atoms with Gasteiger partial charge in [-0.15, -0.1) is 0 Å². The maximum atomic E-state index is 9.68. The van der Waals surface area contributed by atoms with E-state index < -0.39 is 0 Å². The van der Waals surface area contributed by atoms with E-state index in [-0.39, 0.29) is 12.0 Å². The molecule has 0 saturated carbocycles. The largest absolute Gasteiger partial charge is 0.393 e. The van der Waals surface area contributed by atoms with Crippen molar-refractivity contribution in [3.05, 3.63) is 11.8 Å². The van der Waals surface area contributed by atoms with Crippen LogP contribution in [-0.4, -0.2) is 34.3 Å². The van der Waals surface area contributed by atoms with Crippen LogP contribution < -0.4 is 10.6 Å². The van der Waals surface area contributed by atoms with E-state index >= 15 is 0 Å². The Morgan fingerprint density at radius 2 is 2.31 bits per heavy atom. The number of hydrogen-bond donors (Lipinski definition) is 2. The third-order valence-corrected chi connectivity index (χ3v) is 3.12. The van der Waals surface area contributed by atoms with Crippen molar-refractivity contribution in [1.29, 1.82) is 0 Å². The van der Waals surface area contributed by atoms with Crippen molar-refractivity contribution in [1.82, 2.24) is 9.97 Å². The molecule has 0 spiro atoms. The van der Waals surface area contributed by atoms with Gasteiger partial charge in [0.15, 0.2) is 0 Å². The molecule has 88 valence electrons. The van der Waals surface area contributed by atoms with Crippen LogP contribution in [0.5, 0.6) is 0 Å². The van der Waals surface area contributed by atoms with Gasteiger partial charge in [-0.05, 0) is 19.3 Å². The van der Waals surface area contributed by atoms with E-state index in [0.717, 1.165) is 30.9 Å². The summed E-state index contributed by atoms with van der Waals surface area (Å²) in [5.74, 6) is 1.47. The van der Waals surface area contributed by atoms with Crippen LogP contribution in [0.25, 0.3) is 0 Å². The Labute approximate surface area is 95.3 Å². The molecule has 5 heteroatoms. The van der Waals surface area contributed by atoms with Gasteiger partial charge >= 0.3 is 0 Å². The van der Waals surface area contributed by atoms with Gasteiger partial charge in [-0.2, -0.15) is 4.98 Å². The number of piperidine rings is 1. The van der Waals surface area contributed by atoms with Crippen LogP contribution in [0.2, 0.25) is 0 Å². The fourth-order valence-electron chi connectivity index (χ4n) is 2.09. The van der Waals surface area contributed by atoms with Crippen LogP contribution in [-0.2, 0) is 0 Å². The van der Waals surface area contributed by atoms with Crippen molar-refractivity contribution in [2.24, 2.45) is 5.92 Å². The molecule has 1 fully saturated rings. The second-order valence-electron chi connectivity index (χ2n) is 4.51. The number of nitrogens with zero attached hydrogens (tertiary/aromatic N) is 3. The zero-order valence-electron chi connectivity index (χ0n) is 9.72. The highest BCUT2D eigenvalue weighted by Crippen LogP contribution is 2.24. The lowest BCUT2D eigenvalue weighted by Crippen LogP contribution is -2.42. The second-order valence-corrected chi connectivity index (χ2v) is 4.51. The zero-order valence-corrected chi connectivity index (χ0v) is 9.72. The smallest absolute Gasteiger partial charge is 0.221 e. The summed E-state index contributed by atoms with van der Waals surface area (Å²) in [6.07, 6.45) is 2.33. The Bertz CT molecular complexity index is 382. The Hall–Kier alpha value is -1.36. The van der Waals surface area contributed by atoms with E-state index in [1.165, 1.54) is 0 Å². The first kappa shape index (κ1) is 11.1. The van der Waals surface area contributed by atoms with E-state index in [9.17, 15) is 5.11 Å². The van der Waals surface area contributed by atoms with Gasteiger partial charge in [0.2, 0.25) is 5.95 Å². The lowest BCUT2D eigenvalue weighted by Gasteiger charge is -2.35. The molecule has 3 N–H and O–H groups in total. The Morgan fingerprint density at radius 3 is 3.00 bits per heavy atom. The molecular weight excluding hydrogens is 204 g/mol. The highest BCUT2D eigenvalue weighted by molar-refractivity contribution is 5.48. The first-order chi connectivity index (χ1) is 7.58. The molecule has 0 radical (unpaired) electrons. The van der Waals surface area contributed by atoms with Crippen LogP contribution in [0.1, 0.15) is 18.9 Å². The highest BCUT2D eigenvalue weighted by Gasteiger charge is 2.25. The van der Waals surface area contributed by atoms with Gasteiger partial charge in [-0.25, -0.2) is 4.98 Å². The molecule has 0 amide bonds. The number of hydrogen-bond acceptors (Lipinski definition) is 5. The van der Waals surface area contributed by atoms with Crippen LogP contribution in [0.15, 0.2) is 6.20 Å². The van der Waals surface area contributed by atoms with E-state index in [1.807, 2.05) is 6.92 Å². The zero-order chi connectivity index (χ0) is 11.7. The number of nitrogens with two attached hydrogens (primary N) is 1. The molecule has 2 rings (SSSR count). The maximum absolute atomic E-state index is 9.68. The molecule has 2 heterocycles. The Balaban J connectivity index is 2.21. The van der Waals surface area contributed by atoms with Crippen molar-refractivity contribution in [3.63, 3.8) is 0 Å². The Kier molecular flexibility index (Phi) is 2.96. The van der Waals surface area contributed by atoms with Crippen molar-refractivity contribution >= 4 is 11.8 Å². The fraction of sp³-hybridized carbons (Fsp3) is 0.636. The van der Waals surface area contributed by atoms with Gasteiger partial charge in [0.25, 0.3) is 0 Å². The molecule has 16 heavy (non-hydrogen) atoms. The number of rotatable bonds is 1. The molecule has 2 unspecified atom stereocenters. The number of nitrogen functional groups attached to an aromatic ring is 1. The number of aliphatic hydroxyl groups is 1. The third-order valence-electron chi connectivity index (χ3n) is 3.12. The van der Waals surface area contributed by atoms with Crippen LogP contribution >= 0.6 is 0 Å². The summed E-state index contributed by atoms with van der Waals surface area (Å²) in [5, 5.41) is 9.68. The molecule has 1 aromatic heterocycles. The standard InChI is InChI=1S/C11H18N4O/c1-7-5-13-11(12)14-10(7)15-4-3-9(16)8(2)6-15/h5,8-9,16H,3-4,6H2,1-2H3,(H2,12,13,14). The first-order valence-corrected chi connectivity index (χ1v) is 5.60. The van der Waals surface area contributed by atoms with Crippen molar-refractivity contribution in [2.45, 2.75) is 26.4 Å². The average molecular weight is 222 g/mol. The predicted molar refractivity (Wildman–Crippen MR) is 63.2 cm³/mol. The fourth-order valence-corrected chi connectivity index (χ4v) is 2.09. The van der Waals surface area contributed by atoms with Gasteiger partial charge in [-0.3, -0.25) is 0 Å². The average Bonchev–Trinajstić information content (AvgIpc) is 2.26. The summed E-state index contributed by atoms with van der Waals surface area (Å²) in [6.45, 7) is 5.67. The SMILES string of the molecule is Cc1cnc(N)nc1N1CCC(O)C(C)C1. The van der Waals surface area contributed by atoms with Gasteiger partial charge in [-0.1, -0.05) is 6.92 Å². The lowest BCUT2D eigenvalue weighted by atomic mass is 9.96. The number of aromatic nitrogens is 2. The number of aliphatic hydroxyl groups excluding tert-OH is 1. The van der Waals surface area contributed by atoms with Gasteiger partial charge in [0, 0.05) is 24.8 Å². The van der Waals surface area contributed by atoms with E-state index in [2.05, 4.69) is 21.8 Å². The summed E-state index contributed by atoms with van der Waals surface area (Å²) in [6, 6.07) is 0. The van der Waals surface area contributed by atoms with E-state index in [1.54, 1.807) is 6.20 Å². The van der Waals surface area contributed by atoms with E-state index in [4.69, 9.17) is 5.73 Å². The van der Waals surface area contributed by atoms with Crippen molar-refractivity contribution < 1.29 is 5.11 Å². The molecule has 1 aromatic rings. The number of anilines is 2. The lowest BCUT2D eigenvalue weighted by molar-refractivity contribution is 0.0968. The highest BCUT2D eigenvalue weighted by atomic mass is 16.3. The minimum atomic E-state index is -0.198. The van der Waals surface area contributed by atoms with Gasteiger partial charge in [0.1, 0.15) is 5.82 Å². The monoisotopic (exact) mass is 222 g/mol. The molecule has 1 saturated heterocycles. The molecule has 0 bridgehead atoms. The van der Waals surface area contributed by atoms with Crippen LogP contribution in [0.4, 0.5) is 11.8 Å². The molecular formula is C11H18N4O. The minimum Gasteiger partial charge on any atom is -0.393 e. The van der Waals surface area contributed by atoms with Crippen molar-refractivity contribution in [3.8, 4) is 0 Å². The summed E-state index contributed by atoms with van der Waals surface area (Å²) in [5.41, 5.74) is 6.62. The minimum absolute atomic E-state index is 0.198. The molecule has 1 aliphatic heterocycles. The quantitative estimate of drug-likeness (QED) is 0.726. The van der Waals surface area contributed by atoms with Crippen molar-refractivity contribution in [2.75, 3.05) is 23.7 Å². The summed E-state index contributed by atoms with van der Waals surface area (Å²) in [7, 11) is 0. The van der Waals surface area contributed by atoms with Crippen LogP contribution in [0, 0.1) is 12.8 Å². The molecule has 0 aromatic carbocycles.